The molecule has 1 unspecified atom stereocenters. The van der Waals surface area contributed by atoms with E-state index in [0.717, 1.165) is 25.9 Å². The maximum atomic E-state index is 10.8. The lowest BCUT2D eigenvalue weighted by Gasteiger charge is -2.26. The van der Waals surface area contributed by atoms with Crippen molar-refractivity contribution in [1.29, 1.82) is 0 Å². The van der Waals surface area contributed by atoms with Crippen molar-refractivity contribution in [3.8, 4) is 0 Å². The normalized spacial score (nSPS) is 18.2. The second-order valence-corrected chi connectivity index (χ2v) is 4.79. The molecule has 0 bridgehead atoms. The number of nitrogens with zero attached hydrogens (tertiary/aromatic N) is 1. The third-order valence-corrected chi connectivity index (χ3v) is 3.48. The van der Waals surface area contributed by atoms with E-state index in [4.69, 9.17) is 5.11 Å². The number of aryl methyl sites for hydroxylation is 1. The molecule has 17 heavy (non-hydrogen) atoms. The Morgan fingerprint density at radius 1 is 1.41 bits per heavy atom. The third kappa shape index (κ3) is 3.07. The lowest BCUT2D eigenvalue weighted by atomic mass is 10.0. The van der Waals surface area contributed by atoms with Gasteiger partial charge in [-0.2, -0.15) is 0 Å². The number of carbonyl (C=O) groups is 1. The average molecular weight is 233 g/mol. The minimum absolute atomic E-state index is 0.110. The van der Waals surface area contributed by atoms with E-state index in [1.165, 1.54) is 11.1 Å². The molecule has 3 nitrogen and oxygen atoms in total. The van der Waals surface area contributed by atoms with Gasteiger partial charge < -0.3 is 5.11 Å². The predicted octanol–water partition coefficient (Wildman–Crippen LogP) is 2.30. The molecule has 1 heterocycles. The zero-order valence-corrected chi connectivity index (χ0v) is 10.2. The largest absolute Gasteiger partial charge is 0.481 e. The third-order valence-electron chi connectivity index (χ3n) is 3.48. The predicted molar refractivity (Wildman–Crippen MR) is 66.9 cm³/mol. The number of hydrogen-bond acceptors (Lipinski definition) is 2. The summed E-state index contributed by atoms with van der Waals surface area (Å²) in [6.45, 7) is 3.87. The molecule has 1 N–H and O–H groups in total. The van der Waals surface area contributed by atoms with Crippen LogP contribution in [0.3, 0.4) is 0 Å². The second kappa shape index (κ2) is 5.32. The maximum absolute atomic E-state index is 10.8. The van der Waals surface area contributed by atoms with Crippen LogP contribution in [0.4, 0.5) is 0 Å². The molecule has 1 aromatic carbocycles. The van der Waals surface area contributed by atoms with Crippen molar-refractivity contribution in [2.45, 2.75) is 38.8 Å². The molecule has 0 aromatic heterocycles. The first-order chi connectivity index (χ1) is 8.16. The van der Waals surface area contributed by atoms with Crippen LogP contribution in [0.1, 0.15) is 30.9 Å². The molecule has 2 rings (SSSR count). The highest BCUT2D eigenvalue weighted by Crippen LogP contribution is 2.20. The molecule has 0 aliphatic carbocycles. The number of benzene rings is 1. The number of carboxylic acids is 1. The van der Waals surface area contributed by atoms with Crippen molar-refractivity contribution in [1.82, 2.24) is 4.90 Å². The van der Waals surface area contributed by atoms with Crippen LogP contribution < -0.4 is 0 Å². The van der Waals surface area contributed by atoms with Crippen LogP contribution in [-0.4, -0.2) is 28.6 Å². The molecule has 0 fully saturated rings. The van der Waals surface area contributed by atoms with E-state index in [-0.39, 0.29) is 12.5 Å². The first kappa shape index (κ1) is 12.1. The van der Waals surface area contributed by atoms with Crippen molar-refractivity contribution in [3.05, 3.63) is 35.4 Å². The Morgan fingerprint density at radius 2 is 2.12 bits per heavy atom. The van der Waals surface area contributed by atoms with Gasteiger partial charge in [0, 0.05) is 12.6 Å². The number of fused-ring (bicyclic) bond motifs is 1. The van der Waals surface area contributed by atoms with Crippen molar-refractivity contribution in [2.24, 2.45) is 0 Å². The van der Waals surface area contributed by atoms with Gasteiger partial charge in [0.15, 0.2) is 0 Å². The Labute approximate surface area is 102 Å². The number of rotatable bonds is 3. The average Bonchev–Trinajstić information content (AvgIpc) is 2.49. The van der Waals surface area contributed by atoms with Crippen molar-refractivity contribution in [3.63, 3.8) is 0 Å². The van der Waals surface area contributed by atoms with E-state index in [1.54, 1.807) is 0 Å². The summed E-state index contributed by atoms with van der Waals surface area (Å²) in [5, 5.41) is 8.85. The van der Waals surface area contributed by atoms with Crippen LogP contribution >= 0.6 is 0 Å². The van der Waals surface area contributed by atoms with E-state index < -0.39 is 5.97 Å². The SMILES string of the molecule is CC(CC(=O)O)N1CCCc2ccccc2C1. The van der Waals surface area contributed by atoms with Crippen LogP contribution in [0, 0.1) is 0 Å². The molecule has 1 aliphatic heterocycles. The molecular formula is C14H19NO2. The molecule has 0 amide bonds. The van der Waals surface area contributed by atoms with E-state index in [0.29, 0.717) is 0 Å². The van der Waals surface area contributed by atoms with Gasteiger partial charge in [-0.15, -0.1) is 0 Å². The molecule has 3 heteroatoms. The van der Waals surface area contributed by atoms with Crippen molar-refractivity contribution < 1.29 is 9.90 Å². The monoisotopic (exact) mass is 233 g/mol. The lowest BCUT2D eigenvalue weighted by Crippen LogP contribution is -2.34. The Kier molecular flexibility index (Phi) is 3.79. The van der Waals surface area contributed by atoms with Gasteiger partial charge in [-0.25, -0.2) is 0 Å². The maximum Gasteiger partial charge on any atom is 0.304 e. The summed E-state index contributed by atoms with van der Waals surface area (Å²) in [6, 6.07) is 8.58. The van der Waals surface area contributed by atoms with Gasteiger partial charge >= 0.3 is 5.97 Å². The molecule has 0 radical (unpaired) electrons. The molecule has 0 spiro atoms. The van der Waals surface area contributed by atoms with E-state index in [2.05, 4.69) is 29.2 Å². The Morgan fingerprint density at radius 3 is 2.82 bits per heavy atom. The highest BCUT2D eigenvalue weighted by atomic mass is 16.4. The molecular weight excluding hydrogens is 214 g/mol. The van der Waals surface area contributed by atoms with Gasteiger partial charge in [0.2, 0.25) is 0 Å². The molecule has 1 aliphatic rings. The van der Waals surface area contributed by atoms with E-state index in [9.17, 15) is 4.79 Å². The van der Waals surface area contributed by atoms with Crippen molar-refractivity contribution >= 4 is 5.97 Å². The van der Waals surface area contributed by atoms with Gasteiger partial charge in [0.05, 0.1) is 6.42 Å². The molecule has 0 saturated carbocycles. The van der Waals surface area contributed by atoms with Crippen LogP contribution in [0.15, 0.2) is 24.3 Å². The number of aliphatic carboxylic acids is 1. The van der Waals surface area contributed by atoms with Gasteiger partial charge in [-0.3, -0.25) is 9.69 Å². The zero-order valence-electron chi connectivity index (χ0n) is 10.2. The lowest BCUT2D eigenvalue weighted by molar-refractivity contribution is -0.138. The van der Waals surface area contributed by atoms with Crippen LogP contribution in [-0.2, 0) is 17.8 Å². The number of hydrogen-bond donors (Lipinski definition) is 1. The van der Waals surface area contributed by atoms with E-state index >= 15 is 0 Å². The fourth-order valence-electron chi connectivity index (χ4n) is 2.48. The molecule has 1 aromatic rings. The summed E-state index contributed by atoms with van der Waals surface area (Å²) in [5.74, 6) is -0.713. The standard InChI is InChI=1S/C14H19NO2/c1-11(9-14(16)17)15-8-4-7-12-5-2-3-6-13(12)10-15/h2-3,5-6,11H,4,7-10H2,1H3,(H,16,17). The van der Waals surface area contributed by atoms with Gasteiger partial charge in [-0.1, -0.05) is 24.3 Å². The Hall–Kier alpha value is -1.35. The molecule has 0 saturated heterocycles. The summed E-state index contributed by atoms with van der Waals surface area (Å²) in [5.41, 5.74) is 2.76. The van der Waals surface area contributed by atoms with E-state index in [1.807, 2.05) is 6.92 Å². The summed E-state index contributed by atoms with van der Waals surface area (Å²) >= 11 is 0. The quantitative estimate of drug-likeness (QED) is 0.871. The fourth-order valence-corrected chi connectivity index (χ4v) is 2.48. The minimum Gasteiger partial charge on any atom is -0.481 e. The summed E-state index contributed by atoms with van der Waals surface area (Å²) in [7, 11) is 0. The van der Waals surface area contributed by atoms with Crippen molar-refractivity contribution in [2.75, 3.05) is 6.54 Å². The number of carboxylic acid groups (broad SMARTS) is 1. The molecule has 92 valence electrons. The summed E-state index contributed by atoms with van der Waals surface area (Å²) < 4.78 is 0. The van der Waals surface area contributed by atoms with Crippen LogP contribution in [0.5, 0.6) is 0 Å². The summed E-state index contributed by atoms with van der Waals surface area (Å²) in [6.07, 6.45) is 2.44. The van der Waals surface area contributed by atoms with Gasteiger partial charge in [0.25, 0.3) is 0 Å². The summed E-state index contributed by atoms with van der Waals surface area (Å²) in [4.78, 5) is 13.0. The Bertz CT molecular complexity index is 403. The highest BCUT2D eigenvalue weighted by Gasteiger charge is 2.20. The van der Waals surface area contributed by atoms with Crippen LogP contribution in [0.2, 0.25) is 0 Å². The minimum atomic E-state index is -0.713. The first-order valence-corrected chi connectivity index (χ1v) is 6.19. The van der Waals surface area contributed by atoms with Gasteiger partial charge in [0.1, 0.15) is 0 Å². The van der Waals surface area contributed by atoms with Crippen LogP contribution in [0.25, 0.3) is 0 Å². The first-order valence-electron chi connectivity index (χ1n) is 6.19. The van der Waals surface area contributed by atoms with Gasteiger partial charge in [-0.05, 0) is 37.4 Å². The smallest absolute Gasteiger partial charge is 0.304 e. The zero-order chi connectivity index (χ0) is 12.3. The topological polar surface area (TPSA) is 40.5 Å². The fraction of sp³-hybridized carbons (Fsp3) is 0.500. The Balaban J connectivity index is 2.10. The highest BCUT2D eigenvalue weighted by molar-refractivity contribution is 5.67. The molecule has 1 atom stereocenters. The second-order valence-electron chi connectivity index (χ2n) is 4.79.